The van der Waals surface area contributed by atoms with Crippen molar-refractivity contribution in [2.24, 2.45) is 0 Å². The average Bonchev–Trinajstić information content (AvgIpc) is 2.89. The largest absolute Gasteiger partial charge is 0.488 e. The van der Waals surface area contributed by atoms with Gasteiger partial charge in [-0.3, -0.25) is 4.79 Å². The third-order valence-electron chi connectivity index (χ3n) is 3.91. The SMILES string of the molecule is CCC(C)NC(=O)c1noc(C)c1COc1cc(C)ccc1C. The number of amides is 1. The number of aryl methyl sites for hydroxylation is 3. The van der Waals surface area contributed by atoms with Crippen molar-refractivity contribution in [1.82, 2.24) is 10.5 Å². The number of carbonyl (C=O) groups excluding carboxylic acids is 1. The predicted octanol–water partition coefficient (Wildman–Crippen LogP) is 3.71. The average molecular weight is 316 g/mol. The van der Waals surface area contributed by atoms with Gasteiger partial charge in [-0.1, -0.05) is 24.2 Å². The van der Waals surface area contributed by atoms with Crippen LogP contribution in [0.4, 0.5) is 0 Å². The molecule has 1 amide bonds. The fourth-order valence-corrected chi connectivity index (χ4v) is 2.15. The number of nitrogens with one attached hydrogen (secondary N) is 1. The Hall–Kier alpha value is -2.30. The minimum absolute atomic E-state index is 0.0901. The van der Waals surface area contributed by atoms with Crippen LogP contribution >= 0.6 is 0 Å². The first-order chi connectivity index (χ1) is 10.9. The smallest absolute Gasteiger partial charge is 0.274 e. The minimum Gasteiger partial charge on any atom is -0.488 e. The maximum absolute atomic E-state index is 12.3. The fourth-order valence-electron chi connectivity index (χ4n) is 2.15. The number of carbonyl (C=O) groups is 1. The van der Waals surface area contributed by atoms with Crippen LogP contribution in [-0.2, 0) is 6.61 Å². The van der Waals surface area contributed by atoms with Crippen molar-refractivity contribution in [1.29, 1.82) is 0 Å². The van der Waals surface area contributed by atoms with Gasteiger partial charge in [-0.25, -0.2) is 0 Å². The maximum atomic E-state index is 12.3. The van der Waals surface area contributed by atoms with Crippen LogP contribution in [0.3, 0.4) is 0 Å². The van der Waals surface area contributed by atoms with Gasteiger partial charge in [0.05, 0.1) is 5.56 Å². The van der Waals surface area contributed by atoms with Gasteiger partial charge in [-0.05, 0) is 51.3 Å². The number of hydrogen-bond acceptors (Lipinski definition) is 4. The lowest BCUT2D eigenvalue weighted by Gasteiger charge is -2.12. The molecule has 1 N–H and O–H groups in total. The van der Waals surface area contributed by atoms with Gasteiger partial charge in [0.15, 0.2) is 5.69 Å². The molecular weight excluding hydrogens is 292 g/mol. The molecule has 1 atom stereocenters. The van der Waals surface area contributed by atoms with E-state index in [2.05, 4.69) is 10.5 Å². The second-order valence-corrected chi connectivity index (χ2v) is 5.91. The van der Waals surface area contributed by atoms with Crippen molar-refractivity contribution in [3.8, 4) is 5.75 Å². The number of benzene rings is 1. The van der Waals surface area contributed by atoms with Crippen LogP contribution < -0.4 is 10.1 Å². The first-order valence-electron chi connectivity index (χ1n) is 7.88. The Bertz CT molecular complexity index is 692. The van der Waals surface area contributed by atoms with Gasteiger partial charge >= 0.3 is 0 Å². The van der Waals surface area contributed by atoms with Crippen LogP contribution in [0.1, 0.15) is 53.2 Å². The molecule has 5 heteroatoms. The first-order valence-corrected chi connectivity index (χ1v) is 7.88. The zero-order valence-corrected chi connectivity index (χ0v) is 14.4. The second-order valence-electron chi connectivity index (χ2n) is 5.91. The Kier molecular flexibility index (Phi) is 5.42. The molecule has 2 aromatic rings. The van der Waals surface area contributed by atoms with E-state index in [0.29, 0.717) is 17.0 Å². The van der Waals surface area contributed by atoms with Crippen LogP contribution in [0.2, 0.25) is 0 Å². The summed E-state index contributed by atoms with van der Waals surface area (Å²) in [5.74, 6) is 1.18. The van der Waals surface area contributed by atoms with Gasteiger partial charge in [-0.15, -0.1) is 0 Å². The zero-order valence-electron chi connectivity index (χ0n) is 14.4. The maximum Gasteiger partial charge on any atom is 0.274 e. The van der Waals surface area contributed by atoms with E-state index < -0.39 is 0 Å². The summed E-state index contributed by atoms with van der Waals surface area (Å²) in [5.41, 5.74) is 3.16. The van der Waals surface area contributed by atoms with E-state index in [0.717, 1.165) is 23.3 Å². The molecule has 1 aromatic heterocycles. The quantitative estimate of drug-likeness (QED) is 0.882. The number of nitrogens with zero attached hydrogens (tertiary/aromatic N) is 1. The third-order valence-corrected chi connectivity index (χ3v) is 3.91. The van der Waals surface area contributed by atoms with Gasteiger partial charge in [0.1, 0.15) is 18.1 Å². The third kappa shape index (κ3) is 4.12. The fraction of sp³-hybridized carbons (Fsp3) is 0.444. The van der Waals surface area contributed by atoms with Crippen LogP contribution in [0.5, 0.6) is 5.75 Å². The normalized spacial score (nSPS) is 12.0. The van der Waals surface area contributed by atoms with Crippen molar-refractivity contribution in [3.63, 3.8) is 0 Å². The summed E-state index contributed by atoms with van der Waals surface area (Å²) in [6, 6.07) is 6.13. The lowest BCUT2D eigenvalue weighted by Crippen LogP contribution is -2.32. The molecule has 0 bridgehead atoms. The summed E-state index contributed by atoms with van der Waals surface area (Å²) < 4.78 is 11.1. The first kappa shape index (κ1) is 17.1. The van der Waals surface area contributed by atoms with Gasteiger partial charge in [0.25, 0.3) is 5.91 Å². The van der Waals surface area contributed by atoms with Gasteiger partial charge in [-0.2, -0.15) is 0 Å². The Labute approximate surface area is 137 Å². The molecule has 0 radical (unpaired) electrons. The van der Waals surface area contributed by atoms with Crippen LogP contribution in [0, 0.1) is 20.8 Å². The highest BCUT2D eigenvalue weighted by Gasteiger charge is 2.21. The summed E-state index contributed by atoms with van der Waals surface area (Å²) in [7, 11) is 0. The number of hydrogen-bond donors (Lipinski definition) is 1. The Morgan fingerprint density at radius 2 is 2.09 bits per heavy atom. The highest BCUT2D eigenvalue weighted by atomic mass is 16.5. The van der Waals surface area contributed by atoms with Crippen molar-refractivity contribution in [3.05, 3.63) is 46.3 Å². The molecule has 2 rings (SSSR count). The summed E-state index contributed by atoms with van der Waals surface area (Å²) in [6.07, 6.45) is 0.858. The molecule has 0 aliphatic rings. The molecule has 5 nitrogen and oxygen atoms in total. The summed E-state index contributed by atoms with van der Waals surface area (Å²) in [4.78, 5) is 12.3. The molecule has 124 valence electrons. The predicted molar refractivity (Wildman–Crippen MR) is 88.7 cm³/mol. The van der Waals surface area contributed by atoms with Crippen molar-refractivity contribution in [2.45, 2.75) is 53.7 Å². The van der Waals surface area contributed by atoms with Crippen molar-refractivity contribution in [2.75, 3.05) is 0 Å². The summed E-state index contributed by atoms with van der Waals surface area (Å²) >= 11 is 0. The van der Waals surface area contributed by atoms with Gasteiger partial charge in [0, 0.05) is 6.04 Å². The van der Waals surface area contributed by atoms with Crippen LogP contribution in [0.25, 0.3) is 0 Å². The van der Waals surface area contributed by atoms with E-state index in [4.69, 9.17) is 9.26 Å². The highest BCUT2D eigenvalue weighted by Crippen LogP contribution is 2.22. The van der Waals surface area contributed by atoms with Crippen molar-refractivity contribution < 1.29 is 14.1 Å². The van der Waals surface area contributed by atoms with Crippen LogP contribution in [0.15, 0.2) is 22.7 Å². The molecular formula is C18H24N2O3. The van der Waals surface area contributed by atoms with Gasteiger partial charge < -0.3 is 14.6 Å². The number of rotatable bonds is 6. The topological polar surface area (TPSA) is 64.4 Å². The standard InChI is InChI=1S/C18H24N2O3/c1-6-13(4)19-18(21)17-15(14(5)23-20-17)10-22-16-9-11(2)7-8-12(16)3/h7-9,13H,6,10H2,1-5H3,(H,19,21). The lowest BCUT2D eigenvalue weighted by atomic mass is 10.1. The molecule has 0 aliphatic carbocycles. The van der Waals surface area contributed by atoms with E-state index in [1.165, 1.54) is 0 Å². The Balaban J connectivity index is 2.15. The Morgan fingerprint density at radius 3 is 2.78 bits per heavy atom. The molecule has 0 saturated carbocycles. The number of aromatic nitrogens is 1. The molecule has 1 unspecified atom stereocenters. The van der Waals surface area contributed by atoms with Gasteiger partial charge in [0.2, 0.25) is 0 Å². The van der Waals surface area contributed by atoms with E-state index >= 15 is 0 Å². The van der Waals surface area contributed by atoms with E-state index in [9.17, 15) is 4.79 Å². The summed E-state index contributed by atoms with van der Waals surface area (Å²) in [6.45, 7) is 10.0. The molecule has 0 spiro atoms. The monoisotopic (exact) mass is 316 g/mol. The lowest BCUT2D eigenvalue weighted by molar-refractivity contribution is 0.0928. The summed E-state index contributed by atoms with van der Waals surface area (Å²) in [5, 5.41) is 6.79. The number of ether oxygens (including phenoxy) is 1. The zero-order chi connectivity index (χ0) is 17.0. The molecule has 0 aliphatic heterocycles. The van der Waals surface area contributed by atoms with Crippen molar-refractivity contribution >= 4 is 5.91 Å². The molecule has 0 saturated heterocycles. The molecule has 23 heavy (non-hydrogen) atoms. The van der Waals surface area contributed by atoms with E-state index in [1.54, 1.807) is 6.92 Å². The molecule has 1 heterocycles. The molecule has 1 aromatic carbocycles. The van der Waals surface area contributed by atoms with E-state index in [1.807, 2.05) is 45.9 Å². The molecule has 0 fully saturated rings. The van der Waals surface area contributed by atoms with E-state index in [-0.39, 0.29) is 18.6 Å². The highest BCUT2D eigenvalue weighted by molar-refractivity contribution is 5.93. The van der Waals surface area contributed by atoms with Crippen LogP contribution in [-0.4, -0.2) is 17.1 Å². The minimum atomic E-state index is -0.226. The second kappa shape index (κ2) is 7.31. The Morgan fingerprint density at radius 1 is 1.35 bits per heavy atom.